The van der Waals surface area contributed by atoms with E-state index in [-0.39, 0.29) is 0 Å². The molecule has 0 aromatic carbocycles. The van der Waals surface area contributed by atoms with Gasteiger partial charge in [-0.3, -0.25) is 4.90 Å². The molecule has 3 rings (SSSR count). The van der Waals surface area contributed by atoms with Gasteiger partial charge in [0.1, 0.15) is 5.82 Å². The molecule has 1 unspecified atom stereocenters. The second-order valence-corrected chi connectivity index (χ2v) is 5.61. The van der Waals surface area contributed by atoms with Gasteiger partial charge in [0, 0.05) is 37.4 Å². The van der Waals surface area contributed by atoms with Crippen LogP contribution in [0.4, 0.5) is 5.82 Å². The minimum absolute atomic E-state index is 0.359. The Morgan fingerprint density at radius 3 is 2.89 bits per heavy atom. The summed E-state index contributed by atoms with van der Waals surface area (Å²) >= 11 is 5.96. The van der Waals surface area contributed by atoms with Crippen LogP contribution in [0.3, 0.4) is 0 Å². The number of anilines is 1. The van der Waals surface area contributed by atoms with Crippen LogP contribution < -0.4 is 4.90 Å². The Hall–Kier alpha value is -0.870. The summed E-state index contributed by atoms with van der Waals surface area (Å²) in [6.45, 7) is 6.60. The fraction of sp³-hybridized carbons (Fsp3) is 0.692. The third-order valence-electron chi connectivity index (χ3n) is 3.94. The number of hydrogen-bond donors (Lipinski definition) is 0. The van der Waals surface area contributed by atoms with Gasteiger partial charge in [0.2, 0.25) is 5.28 Å². The van der Waals surface area contributed by atoms with Gasteiger partial charge in [0.25, 0.3) is 0 Å². The van der Waals surface area contributed by atoms with Crippen molar-refractivity contribution >= 4 is 17.4 Å². The second kappa shape index (κ2) is 5.02. The molecule has 18 heavy (non-hydrogen) atoms. The fourth-order valence-corrected chi connectivity index (χ4v) is 3.31. The lowest BCUT2D eigenvalue weighted by atomic mass is 10.2. The van der Waals surface area contributed by atoms with E-state index in [1.807, 2.05) is 13.0 Å². The summed E-state index contributed by atoms with van der Waals surface area (Å²) in [5, 5.41) is 0.359. The van der Waals surface area contributed by atoms with Crippen LogP contribution in [0.5, 0.6) is 0 Å². The van der Waals surface area contributed by atoms with E-state index in [1.165, 1.54) is 32.4 Å². The van der Waals surface area contributed by atoms with Crippen LogP contribution in [-0.2, 0) is 0 Å². The molecule has 2 aliphatic rings. The molecular weight excluding hydrogens is 248 g/mol. The molecule has 98 valence electrons. The normalized spacial score (nSPS) is 25.0. The summed E-state index contributed by atoms with van der Waals surface area (Å²) in [6.07, 6.45) is 3.85. The van der Waals surface area contributed by atoms with Crippen molar-refractivity contribution in [3.8, 4) is 0 Å². The molecule has 0 saturated carbocycles. The van der Waals surface area contributed by atoms with Gasteiger partial charge in [-0.25, -0.2) is 9.97 Å². The Balaban J connectivity index is 1.82. The summed E-state index contributed by atoms with van der Waals surface area (Å²) in [4.78, 5) is 13.5. The molecule has 1 atom stereocenters. The fourth-order valence-electron chi connectivity index (χ4n) is 3.09. The molecule has 2 fully saturated rings. The van der Waals surface area contributed by atoms with Crippen LogP contribution in [0.25, 0.3) is 0 Å². The molecule has 0 N–H and O–H groups in total. The molecule has 0 amide bonds. The summed E-state index contributed by atoms with van der Waals surface area (Å²) in [5.41, 5.74) is 0.942. The van der Waals surface area contributed by atoms with E-state index in [9.17, 15) is 0 Å². The SMILES string of the molecule is Cc1cc(N2CCCN3CCCC3C2)nc(Cl)n1. The zero-order valence-electron chi connectivity index (χ0n) is 10.8. The molecule has 4 nitrogen and oxygen atoms in total. The van der Waals surface area contributed by atoms with E-state index in [2.05, 4.69) is 19.8 Å². The number of halogens is 1. The smallest absolute Gasteiger partial charge is 0.224 e. The second-order valence-electron chi connectivity index (χ2n) is 5.27. The highest BCUT2D eigenvalue weighted by molar-refractivity contribution is 6.28. The number of hydrogen-bond acceptors (Lipinski definition) is 4. The van der Waals surface area contributed by atoms with Crippen molar-refractivity contribution in [3.05, 3.63) is 17.0 Å². The number of aromatic nitrogens is 2. The van der Waals surface area contributed by atoms with Crippen molar-refractivity contribution in [1.82, 2.24) is 14.9 Å². The lowest BCUT2D eigenvalue weighted by Gasteiger charge is -2.26. The Bertz CT molecular complexity index is 417. The van der Waals surface area contributed by atoms with E-state index < -0.39 is 0 Å². The molecule has 2 saturated heterocycles. The Morgan fingerprint density at radius 1 is 1.22 bits per heavy atom. The largest absolute Gasteiger partial charge is 0.355 e. The van der Waals surface area contributed by atoms with Gasteiger partial charge in [-0.05, 0) is 44.3 Å². The van der Waals surface area contributed by atoms with Crippen LogP contribution in [0.1, 0.15) is 25.0 Å². The summed E-state index contributed by atoms with van der Waals surface area (Å²) in [7, 11) is 0. The highest BCUT2D eigenvalue weighted by Crippen LogP contribution is 2.24. The van der Waals surface area contributed by atoms with Crippen LogP contribution in [-0.4, -0.2) is 47.1 Å². The number of rotatable bonds is 1. The number of nitrogens with zero attached hydrogens (tertiary/aromatic N) is 4. The quantitative estimate of drug-likeness (QED) is 0.729. The number of aryl methyl sites for hydroxylation is 1. The molecule has 1 aromatic heterocycles. The average molecular weight is 267 g/mol. The van der Waals surface area contributed by atoms with Crippen molar-refractivity contribution < 1.29 is 0 Å². The average Bonchev–Trinajstić information content (AvgIpc) is 2.65. The van der Waals surface area contributed by atoms with Gasteiger partial charge in [-0.15, -0.1) is 0 Å². The molecule has 0 aliphatic carbocycles. The molecule has 5 heteroatoms. The Morgan fingerprint density at radius 2 is 2.06 bits per heavy atom. The van der Waals surface area contributed by atoms with E-state index in [0.29, 0.717) is 11.3 Å². The van der Waals surface area contributed by atoms with Gasteiger partial charge < -0.3 is 4.90 Å². The molecule has 0 bridgehead atoms. The maximum Gasteiger partial charge on any atom is 0.224 e. The molecule has 0 spiro atoms. The first-order valence-electron chi connectivity index (χ1n) is 6.72. The molecule has 0 radical (unpaired) electrons. The number of fused-ring (bicyclic) bond motifs is 1. The highest BCUT2D eigenvalue weighted by atomic mass is 35.5. The topological polar surface area (TPSA) is 32.3 Å². The summed E-state index contributed by atoms with van der Waals surface area (Å²) in [5.74, 6) is 0.987. The predicted molar refractivity (Wildman–Crippen MR) is 73.2 cm³/mol. The maximum atomic E-state index is 5.96. The van der Waals surface area contributed by atoms with Crippen LogP contribution in [0.2, 0.25) is 5.28 Å². The first-order chi connectivity index (χ1) is 8.72. The van der Waals surface area contributed by atoms with Crippen molar-refractivity contribution in [2.45, 2.75) is 32.2 Å². The molecule has 2 aliphatic heterocycles. The van der Waals surface area contributed by atoms with E-state index in [0.717, 1.165) is 24.6 Å². The molecule has 1 aromatic rings. The Labute approximate surface area is 113 Å². The maximum absolute atomic E-state index is 5.96. The third-order valence-corrected chi connectivity index (χ3v) is 4.11. The van der Waals surface area contributed by atoms with Gasteiger partial charge in [0.15, 0.2) is 0 Å². The van der Waals surface area contributed by atoms with Crippen LogP contribution in [0.15, 0.2) is 6.07 Å². The van der Waals surface area contributed by atoms with Crippen molar-refractivity contribution in [2.24, 2.45) is 0 Å². The first-order valence-corrected chi connectivity index (χ1v) is 7.10. The zero-order chi connectivity index (χ0) is 12.5. The summed E-state index contributed by atoms with van der Waals surface area (Å²) in [6, 6.07) is 2.73. The standard InChI is InChI=1S/C13H19ClN4/c1-10-8-12(16-13(14)15-10)18-7-3-6-17-5-2-4-11(17)9-18/h8,11H,2-7,9H2,1H3. The zero-order valence-corrected chi connectivity index (χ0v) is 11.5. The lowest BCUT2D eigenvalue weighted by molar-refractivity contribution is 0.273. The third kappa shape index (κ3) is 2.45. The van der Waals surface area contributed by atoms with Crippen molar-refractivity contribution in [3.63, 3.8) is 0 Å². The van der Waals surface area contributed by atoms with Crippen LogP contribution >= 0.6 is 11.6 Å². The van der Waals surface area contributed by atoms with Gasteiger partial charge in [0.05, 0.1) is 0 Å². The van der Waals surface area contributed by atoms with E-state index in [1.54, 1.807) is 0 Å². The molecular formula is C13H19ClN4. The summed E-state index contributed by atoms with van der Waals surface area (Å²) < 4.78 is 0. The van der Waals surface area contributed by atoms with E-state index >= 15 is 0 Å². The highest BCUT2D eigenvalue weighted by Gasteiger charge is 2.29. The lowest BCUT2D eigenvalue weighted by Crippen LogP contribution is -2.37. The minimum Gasteiger partial charge on any atom is -0.355 e. The van der Waals surface area contributed by atoms with Gasteiger partial charge >= 0.3 is 0 Å². The van der Waals surface area contributed by atoms with Gasteiger partial charge in [-0.1, -0.05) is 0 Å². The molecule has 3 heterocycles. The Kier molecular flexibility index (Phi) is 3.39. The van der Waals surface area contributed by atoms with Gasteiger partial charge in [-0.2, -0.15) is 0 Å². The first kappa shape index (κ1) is 12.2. The van der Waals surface area contributed by atoms with E-state index in [4.69, 9.17) is 11.6 Å². The van der Waals surface area contributed by atoms with Crippen molar-refractivity contribution in [1.29, 1.82) is 0 Å². The van der Waals surface area contributed by atoms with Crippen LogP contribution in [0, 0.1) is 6.92 Å². The minimum atomic E-state index is 0.359. The predicted octanol–water partition coefficient (Wildman–Crippen LogP) is 2.11. The monoisotopic (exact) mass is 266 g/mol. The van der Waals surface area contributed by atoms with Crippen molar-refractivity contribution in [2.75, 3.05) is 31.1 Å².